The maximum Gasteiger partial charge on any atom is 0.254 e. The van der Waals surface area contributed by atoms with E-state index in [1.165, 1.54) is 5.56 Å². The summed E-state index contributed by atoms with van der Waals surface area (Å²) in [4.78, 5) is 17.1. The summed E-state index contributed by atoms with van der Waals surface area (Å²) in [6.07, 6.45) is 0. The van der Waals surface area contributed by atoms with Crippen molar-refractivity contribution in [3.05, 3.63) is 34.9 Å². The lowest BCUT2D eigenvalue weighted by Crippen LogP contribution is -2.50. The minimum absolute atomic E-state index is 0.123. The summed E-state index contributed by atoms with van der Waals surface area (Å²) in [7, 11) is 0. The second-order valence-corrected chi connectivity index (χ2v) is 5.88. The van der Waals surface area contributed by atoms with Crippen molar-refractivity contribution in [2.45, 2.75) is 13.8 Å². The van der Waals surface area contributed by atoms with Crippen LogP contribution in [0.2, 0.25) is 0 Å². The fraction of sp³-hybridized carbons (Fsp3) is 0.467. The zero-order valence-electron chi connectivity index (χ0n) is 12.1. The Hall–Kier alpha value is -1.46. The number of hydrogen-bond donors (Lipinski definition) is 1. The molecule has 2 N–H and O–H groups in total. The Morgan fingerprint density at radius 1 is 1.25 bits per heavy atom. The number of hydrogen-bond acceptors (Lipinski definition) is 3. The molecule has 0 spiro atoms. The number of rotatable bonds is 3. The third-order valence-electron chi connectivity index (χ3n) is 3.65. The van der Waals surface area contributed by atoms with Gasteiger partial charge < -0.3 is 10.6 Å². The normalized spacial score (nSPS) is 16.2. The molecular weight excluding hydrogens is 270 g/mol. The van der Waals surface area contributed by atoms with Crippen LogP contribution >= 0.6 is 12.2 Å². The average Bonchev–Trinajstić information content (AvgIpc) is 2.38. The summed E-state index contributed by atoms with van der Waals surface area (Å²) >= 11 is 4.92. The molecule has 1 aromatic rings. The second-order valence-electron chi connectivity index (χ2n) is 5.35. The van der Waals surface area contributed by atoms with E-state index in [2.05, 4.69) is 11.0 Å². The van der Waals surface area contributed by atoms with Crippen molar-refractivity contribution in [3.8, 4) is 0 Å². The predicted molar refractivity (Wildman–Crippen MR) is 85.0 cm³/mol. The van der Waals surface area contributed by atoms with Gasteiger partial charge in [0, 0.05) is 38.3 Å². The van der Waals surface area contributed by atoms with Gasteiger partial charge in [0.1, 0.15) is 0 Å². The lowest BCUT2D eigenvalue weighted by atomic mass is 10.0. The van der Waals surface area contributed by atoms with E-state index in [1.54, 1.807) is 0 Å². The summed E-state index contributed by atoms with van der Waals surface area (Å²) in [5.74, 6) is 0.123. The van der Waals surface area contributed by atoms with Gasteiger partial charge in [-0.05, 0) is 25.5 Å². The van der Waals surface area contributed by atoms with Crippen molar-refractivity contribution in [1.29, 1.82) is 0 Å². The SMILES string of the molecule is Cc1ccc(C(=O)N2CCN(CC(N)=S)CC2)c(C)c1. The molecule has 1 aromatic carbocycles. The maximum atomic E-state index is 12.5. The van der Waals surface area contributed by atoms with Crippen LogP contribution in [0.15, 0.2) is 18.2 Å². The Bertz CT molecular complexity index is 522. The number of carbonyl (C=O) groups is 1. The third kappa shape index (κ3) is 3.55. The van der Waals surface area contributed by atoms with Crippen molar-refractivity contribution < 1.29 is 4.79 Å². The molecule has 1 amide bonds. The van der Waals surface area contributed by atoms with Crippen molar-refractivity contribution in [1.82, 2.24) is 9.80 Å². The molecule has 0 bridgehead atoms. The van der Waals surface area contributed by atoms with E-state index in [4.69, 9.17) is 18.0 Å². The van der Waals surface area contributed by atoms with Gasteiger partial charge in [0.25, 0.3) is 5.91 Å². The van der Waals surface area contributed by atoms with Gasteiger partial charge in [0.15, 0.2) is 0 Å². The first-order chi connectivity index (χ1) is 9.47. The van der Waals surface area contributed by atoms with Gasteiger partial charge in [-0.3, -0.25) is 9.69 Å². The number of thiocarbonyl (C=S) groups is 1. The summed E-state index contributed by atoms with van der Waals surface area (Å²) in [6.45, 7) is 7.78. The van der Waals surface area contributed by atoms with Gasteiger partial charge in [-0.2, -0.15) is 0 Å². The van der Waals surface area contributed by atoms with Gasteiger partial charge in [0.2, 0.25) is 0 Å². The van der Waals surface area contributed by atoms with E-state index < -0.39 is 0 Å². The van der Waals surface area contributed by atoms with E-state index in [1.807, 2.05) is 30.9 Å². The number of benzene rings is 1. The quantitative estimate of drug-likeness (QED) is 0.854. The van der Waals surface area contributed by atoms with Crippen molar-refractivity contribution in [3.63, 3.8) is 0 Å². The Morgan fingerprint density at radius 2 is 1.90 bits per heavy atom. The highest BCUT2D eigenvalue weighted by atomic mass is 32.1. The molecule has 1 saturated heterocycles. The van der Waals surface area contributed by atoms with Gasteiger partial charge in [-0.15, -0.1) is 0 Å². The highest BCUT2D eigenvalue weighted by Crippen LogP contribution is 2.14. The van der Waals surface area contributed by atoms with E-state index in [9.17, 15) is 4.79 Å². The Balaban J connectivity index is 1.99. The van der Waals surface area contributed by atoms with Gasteiger partial charge in [-0.25, -0.2) is 0 Å². The van der Waals surface area contributed by atoms with Crippen LogP contribution in [-0.4, -0.2) is 53.4 Å². The number of aryl methyl sites for hydroxylation is 2. The molecule has 0 aromatic heterocycles. The van der Waals surface area contributed by atoms with Crippen LogP contribution in [0.5, 0.6) is 0 Å². The van der Waals surface area contributed by atoms with E-state index in [0.29, 0.717) is 11.5 Å². The lowest BCUT2D eigenvalue weighted by Gasteiger charge is -2.34. The zero-order valence-corrected chi connectivity index (χ0v) is 12.9. The molecule has 4 nitrogen and oxygen atoms in total. The first kappa shape index (κ1) is 14.9. The molecule has 5 heteroatoms. The molecule has 1 fully saturated rings. The van der Waals surface area contributed by atoms with Crippen LogP contribution in [-0.2, 0) is 0 Å². The molecular formula is C15H21N3OS. The number of piperazine rings is 1. The topological polar surface area (TPSA) is 49.6 Å². The van der Waals surface area contributed by atoms with Crippen molar-refractivity contribution >= 4 is 23.1 Å². The van der Waals surface area contributed by atoms with E-state index in [0.717, 1.165) is 37.3 Å². The molecule has 108 valence electrons. The van der Waals surface area contributed by atoms with Crippen LogP contribution in [0, 0.1) is 13.8 Å². The monoisotopic (exact) mass is 291 g/mol. The molecule has 0 aliphatic carbocycles. The minimum Gasteiger partial charge on any atom is -0.392 e. The van der Waals surface area contributed by atoms with Crippen LogP contribution in [0.3, 0.4) is 0 Å². The largest absolute Gasteiger partial charge is 0.392 e. The summed E-state index contributed by atoms with van der Waals surface area (Å²) < 4.78 is 0. The fourth-order valence-corrected chi connectivity index (χ4v) is 2.74. The number of nitrogens with two attached hydrogens (primary N) is 1. The molecule has 0 atom stereocenters. The second kappa shape index (κ2) is 6.33. The summed E-state index contributed by atoms with van der Waals surface area (Å²) in [5.41, 5.74) is 8.58. The number of carbonyl (C=O) groups excluding carboxylic acids is 1. The van der Waals surface area contributed by atoms with E-state index >= 15 is 0 Å². The smallest absolute Gasteiger partial charge is 0.254 e. The molecule has 0 saturated carbocycles. The standard InChI is InChI=1S/C15H21N3OS/c1-11-3-4-13(12(2)9-11)15(19)18-7-5-17(6-8-18)10-14(16)20/h3-4,9H,5-8,10H2,1-2H3,(H2,16,20). The maximum absolute atomic E-state index is 12.5. The van der Waals surface area contributed by atoms with Crippen LogP contribution in [0.1, 0.15) is 21.5 Å². The van der Waals surface area contributed by atoms with Crippen LogP contribution in [0.25, 0.3) is 0 Å². The molecule has 2 rings (SSSR count). The minimum atomic E-state index is 0.123. The van der Waals surface area contributed by atoms with E-state index in [-0.39, 0.29) is 5.91 Å². The van der Waals surface area contributed by atoms with Crippen molar-refractivity contribution in [2.24, 2.45) is 5.73 Å². The molecule has 1 heterocycles. The van der Waals surface area contributed by atoms with Crippen LogP contribution in [0.4, 0.5) is 0 Å². The van der Waals surface area contributed by atoms with Crippen molar-refractivity contribution in [2.75, 3.05) is 32.7 Å². The molecule has 20 heavy (non-hydrogen) atoms. The first-order valence-corrected chi connectivity index (χ1v) is 7.25. The molecule has 0 unspecified atom stereocenters. The summed E-state index contributed by atoms with van der Waals surface area (Å²) in [6, 6.07) is 5.97. The zero-order chi connectivity index (χ0) is 14.7. The Labute approximate surface area is 125 Å². The highest BCUT2D eigenvalue weighted by molar-refractivity contribution is 7.80. The van der Waals surface area contributed by atoms with Crippen LogP contribution < -0.4 is 5.73 Å². The third-order valence-corrected chi connectivity index (χ3v) is 3.78. The predicted octanol–water partition coefficient (Wildman–Crippen LogP) is 1.35. The molecule has 0 radical (unpaired) electrons. The average molecular weight is 291 g/mol. The summed E-state index contributed by atoms with van der Waals surface area (Å²) in [5, 5.41) is 0. The molecule has 1 aliphatic rings. The van der Waals surface area contributed by atoms with Gasteiger partial charge >= 0.3 is 0 Å². The first-order valence-electron chi connectivity index (χ1n) is 6.84. The lowest BCUT2D eigenvalue weighted by molar-refractivity contribution is 0.0653. The highest BCUT2D eigenvalue weighted by Gasteiger charge is 2.23. The number of nitrogens with zero attached hydrogens (tertiary/aromatic N) is 2. The fourth-order valence-electron chi connectivity index (χ4n) is 2.55. The Morgan fingerprint density at radius 3 is 2.45 bits per heavy atom. The van der Waals surface area contributed by atoms with Gasteiger partial charge in [0.05, 0.1) is 4.99 Å². The van der Waals surface area contributed by atoms with Gasteiger partial charge in [-0.1, -0.05) is 29.9 Å². The molecule has 1 aliphatic heterocycles. The number of amides is 1. The Kier molecular flexibility index (Phi) is 4.73.